The van der Waals surface area contributed by atoms with Crippen LogP contribution in [0.4, 0.5) is 11.4 Å². The average Bonchev–Trinajstić information content (AvgIpc) is 2.68. The summed E-state index contributed by atoms with van der Waals surface area (Å²) in [6.07, 6.45) is 0.253. The molecule has 24 heavy (non-hydrogen) atoms. The fraction of sp³-hybridized carbons (Fsp3) is 0.222. The van der Waals surface area contributed by atoms with E-state index in [2.05, 4.69) is 27.9 Å². The second kappa shape index (κ2) is 7.21. The standard InChI is InChI=1S/C18H17IN2O3/c1-12-10-17(22)20-14-7-3-4-8-15(14)21(12)18(23)11-24-16-9-5-2-6-13(16)19/h2-9,12H,10-11H2,1H3,(H,20,22). The van der Waals surface area contributed by atoms with Gasteiger partial charge >= 0.3 is 0 Å². The molecule has 1 atom stereocenters. The van der Waals surface area contributed by atoms with E-state index in [1.54, 1.807) is 11.0 Å². The van der Waals surface area contributed by atoms with Crippen molar-refractivity contribution in [2.45, 2.75) is 19.4 Å². The summed E-state index contributed by atoms with van der Waals surface area (Å²) in [6.45, 7) is 1.79. The summed E-state index contributed by atoms with van der Waals surface area (Å²) in [5, 5.41) is 2.85. The molecule has 0 spiro atoms. The molecule has 2 aromatic rings. The van der Waals surface area contributed by atoms with Crippen LogP contribution in [0.5, 0.6) is 5.75 Å². The van der Waals surface area contributed by atoms with Gasteiger partial charge in [-0.15, -0.1) is 0 Å². The predicted octanol–water partition coefficient (Wildman–Crippen LogP) is 3.43. The number of halogens is 1. The number of ether oxygens (including phenoxy) is 1. The molecular formula is C18H17IN2O3. The van der Waals surface area contributed by atoms with Gasteiger partial charge < -0.3 is 15.0 Å². The molecule has 3 rings (SSSR count). The summed E-state index contributed by atoms with van der Waals surface area (Å²) in [4.78, 5) is 26.4. The van der Waals surface area contributed by atoms with E-state index in [1.165, 1.54) is 0 Å². The summed E-state index contributed by atoms with van der Waals surface area (Å²) in [6, 6.07) is 14.6. The fourth-order valence-electron chi connectivity index (χ4n) is 2.74. The molecule has 124 valence electrons. The highest BCUT2D eigenvalue weighted by Gasteiger charge is 2.29. The topological polar surface area (TPSA) is 58.6 Å². The zero-order valence-electron chi connectivity index (χ0n) is 13.2. The maximum absolute atomic E-state index is 12.8. The van der Waals surface area contributed by atoms with Crippen LogP contribution in [0, 0.1) is 3.57 Å². The van der Waals surface area contributed by atoms with Crippen LogP contribution in [0.15, 0.2) is 48.5 Å². The third-order valence-electron chi connectivity index (χ3n) is 3.82. The maximum atomic E-state index is 12.8. The molecule has 5 nitrogen and oxygen atoms in total. The molecule has 0 saturated heterocycles. The monoisotopic (exact) mass is 436 g/mol. The number of para-hydroxylation sites is 3. The lowest BCUT2D eigenvalue weighted by Gasteiger charge is -2.27. The minimum absolute atomic E-state index is 0.0765. The predicted molar refractivity (Wildman–Crippen MR) is 101 cm³/mol. The summed E-state index contributed by atoms with van der Waals surface area (Å²) < 4.78 is 6.63. The lowest BCUT2D eigenvalue weighted by molar-refractivity contribution is -0.121. The molecule has 1 N–H and O–H groups in total. The first-order valence-electron chi connectivity index (χ1n) is 7.64. The van der Waals surface area contributed by atoms with E-state index in [1.807, 2.05) is 49.4 Å². The van der Waals surface area contributed by atoms with Crippen molar-refractivity contribution in [3.63, 3.8) is 0 Å². The van der Waals surface area contributed by atoms with Gasteiger partial charge in [0.2, 0.25) is 5.91 Å². The van der Waals surface area contributed by atoms with Crippen molar-refractivity contribution in [1.82, 2.24) is 0 Å². The lowest BCUT2D eigenvalue weighted by Crippen LogP contribution is -2.41. The Labute approximate surface area is 154 Å². The van der Waals surface area contributed by atoms with Crippen molar-refractivity contribution >= 4 is 45.8 Å². The number of nitrogens with one attached hydrogen (secondary N) is 1. The van der Waals surface area contributed by atoms with Gasteiger partial charge in [0.25, 0.3) is 5.91 Å². The minimum Gasteiger partial charge on any atom is -0.483 e. The molecule has 1 unspecified atom stereocenters. The largest absolute Gasteiger partial charge is 0.483 e. The van der Waals surface area contributed by atoms with Gasteiger partial charge in [-0.2, -0.15) is 0 Å². The van der Waals surface area contributed by atoms with E-state index in [4.69, 9.17) is 4.74 Å². The summed E-state index contributed by atoms with van der Waals surface area (Å²) in [5.41, 5.74) is 1.35. The van der Waals surface area contributed by atoms with Crippen molar-refractivity contribution in [3.8, 4) is 5.75 Å². The Balaban J connectivity index is 1.83. The number of hydrogen-bond donors (Lipinski definition) is 1. The number of fused-ring (bicyclic) bond motifs is 1. The van der Waals surface area contributed by atoms with Crippen LogP contribution < -0.4 is 15.0 Å². The summed E-state index contributed by atoms with van der Waals surface area (Å²) in [5.74, 6) is 0.409. The summed E-state index contributed by atoms with van der Waals surface area (Å²) in [7, 11) is 0. The van der Waals surface area contributed by atoms with Gasteiger partial charge in [-0.3, -0.25) is 9.59 Å². The van der Waals surface area contributed by atoms with Crippen LogP contribution >= 0.6 is 22.6 Å². The quantitative estimate of drug-likeness (QED) is 0.751. The molecule has 6 heteroatoms. The minimum atomic E-state index is -0.236. The van der Waals surface area contributed by atoms with Crippen LogP contribution in [0.2, 0.25) is 0 Å². The van der Waals surface area contributed by atoms with E-state index in [-0.39, 0.29) is 30.9 Å². The molecule has 1 heterocycles. The van der Waals surface area contributed by atoms with E-state index in [0.29, 0.717) is 17.1 Å². The number of hydrogen-bond acceptors (Lipinski definition) is 3. The normalized spacial score (nSPS) is 16.8. The number of amides is 2. The molecule has 2 aromatic carbocycles. The van der Waals surface area contributed by atoms with Gasteiger partial charge in [-0.25, -0.2) is 0 Å². The van der Waals surface area contributed by atoms with Crippen molar-refractivity contribution in [2.24, 2.45) is 0 Å². The van der Waals surface area contributed by atoms with Crippen molar-refractivity contribution in [2.75, 3.05) is 16.8 Å². The van der Waals surface area contributed by atoms with Crippen LogP contribution in [0.3, 0.4) is 0 Å². The molecular weight excluding hydrogens is 419 g/mol. The Hall–Kier alpha value is -2.09. The molecule has 0 aliphatic carbocycles. The molecule has 0 bridgehead atoms. The van der Waals surface area contributed by atoms with Crippen molar-refractivity contribution < 1.29 is 14.3 Å². The Morgan fingerprint density at radius 1 is 1.25 bits per heavy atom. The zero-order valence-corrected chi connectivity index (χ0v) is 15.3. The molecule has 0 radical (unpaired) electrons. The number of rotatable bonds is 3. The number of nitrogens with zero attached hydrogens (tertiary/aromatic N) is 1. The molecule has 0 fully saturated rings. The molecule has 2 amide bonds. The highest BCUT2D eigenvalue weighted by molar-refractivity contribution is 14.1. The molecule has 1 aliphatic heterocycles. The van der Waals surface area contributed by atoms with E-state index < -0.39 is 0 Å². The van der Waals surface area contributed by atoms with Gasteiger partial charge in [0.15, 0.2) is 6.61 Å². The van der Waals surface area contributed by atoms with E-state index >= 15 is 0 Å². The van der Waals surface area contributed by atoms with Gasteiger partial charge in [0.1, 0.15) is 5.75 Å². The first kappa shape index (κ1) is 16.8. The number of benzene rings is 2. The lowest BCUT2D eigenvalue weighted by atomic mass is 10.1. The molecule has 0 aromatic heterocycles. The van der Waals surface area contributed by atoms with Crippen LogP contribution in [-0.2, 0) is 9.59 Å². The highest BCUT2D eigenvalue weighted by Crippen LogP contribution is 2.31. The van der Waals surface area contributed by atoms with Gasteiger partial charge in [0.05, 0.1) is 14.9 Å². The smallest absolute Gasteiger partial charge is 0.265 e. The average molecular weight is 436 g/mol. The number of carbonyl (C=O) groups is 2. The third-order valence-corrected chi connectivity index (χ3v) is 4.71. The van der Waals surface area contributed by atoms with E-state index in [0.717, 1.165) is 3.57 Å². The Bertz CT molecular complexity index is 778. The van der Waals surface area contributed by atoms with E-state index in [9.17, 15) is 9.59 Å². The molecule has 0 saturated carbocycles. The second-order valence-electron chi connectivity index (χ2n) is 5.60. The van der Waals surface area contributed by atoms with Crippen LogP contribution in [0.1, 0.15) is 13.3 Å². The van der Waals surface area contributed by atoms with Crippen LogP contribution in [0.25, 0.3) is 0 Å². The second-order valence-corrected chi connectivity index (χ2v) is 6.76. The molecule has 1 aliphatic rings. The number of carbonyl (C=O) groups excluding carboxylic acids is 2. The fourth-order valence-corrected chi connectivity index (χ4v) is 3.28. The summed E-state index contributed by atoms with van der Waals surface area (Å²) >= 11 is 2.17. The zero-order chi connectivity index (χ0) is 17.1. The van der Waals surface area contributed by atoms with Gasteiger partial charge in [-0.05, 0) is 53.8 Å². The first-order chi connectivity index (χ1) is 11.6. The number of anilines is 2. The van der Waals surface area contributed by atoms with Gasteiger partial charge in [-0.1, -0.05) is 24.3 Å². The van der Waals surface area contributed by atoms with Crippen molar-refractivity contribution in [3.05, 3.63) is 52.1 Å². The Morgan fingerprint density at radius 3 is 2.75 bits per heavy atom. The SMILES string of the molecule is CC1CC(=O)Nc2ccccc2N1C(=O)COc1ccccc1I. The Morgan fingerprint density at radius 2 is 1.96 bits per heavy atom. The third kappa shape index (κ3) is 3.53. The van der Waals surface area contributed by atoms with Gasteiger partial charge in [0, 0.05) is 12.5 Å². The highest BCUT2D eigenvalue weighted by atomic mass is 127. The Kier molecular flexibility index (Phi) is 5.03. The van der Waals surface area contributed by atoms with Crippen molar-refractivity contribution in [1.29, 1.82) is 0 Å². The maximum Gasteiger partial charge on any atom is 0.265 e. The van der Waals surface area contributed by atoms with Crippen LogP contribution in [-0.4, -0.2) is 24.5 Å². The first-order valence-corrected chi connectivity index (χ1v) is 8.72.